The molecule has 3 unspecified atom stereocenters. The monoisotopic (exact) mass is 543 g/mol. The van der Waals surface area contributed by atoms with Crippen molar-refractivity contribution in [2.75, 3.05) is 34.4 Å². The van der Waals surface area contributed by atoms with Crippen LogP contribution in [0.15, 0.2) is 36.4 Å². The lowest BCUT2D eigenvalue weighted by Gasteiger charge is -2.37. The van der Waals surface area contributed by atoms with Crippen LogP contribution in [0, 0.1) is 27.4 Å². The Bertz CT molecular complexity index is 1100. The summed E-state index contributed by atoms with van der Waals surface area (Å²) in [4.78, 5) is 17.5. The van der Waals surface area contributed by atoms with Crippen LogP contribution >= 0.6 is 0 Å². The molecule has 0 aliphatic carbocycles. The van der Waals surface area contributed by atoms with Crippen LogP contribution in [0.4, 0.5) is 0 Å². The van der Waals surface area contributed by atoms with Crippen LogP contribution < -0.4 is 18.9 Å². The van der Waals surface area contributed by atoms with Gasteiger partial charge in [-0.1, -0.05) is 32.9 Å². The highest BCUT2D eigenvalue weighted by Gasteiger charge is 2.29. The van der Waals surface area contributed by atoms with Gasteiger partial charge in [-0.3, -0.25) is 4.90 Å². The van der Waals surface area contributed by atoms with Gasteiger partial charge in [0.25, 0.3) is 5.09 Å². The highest BCUT2D eigenvalue weighted by atomic mass is 17.0. The minimum atomic E-state index is -0.833. The van der Waals surface area contributed by atoms with Crippen LogP contribution in [0.3, 0.4) is 0 Å². The average Bonchev–Trinajstić information content (AvgIpc) is 2.90. The van der Waals surface area contributed by atoms with Crippen LogP contribution in [-0.2, 0) is 17.7 Å². The van der Waals surface area contributed by atoms with E-state index in [9.17, 15) is 15.4 Å². The number of benzene rings is 2. The molecule has 0 amide bonds. The smallest absolute Gasteiger partial charge is 0.294 e. The first-order valence-electron chi connectivity index (χ1n) is 13.1. The van der Waals surface area contributed by atoms with Gasteiger partial charge in [-0.05, 0) is 68.1 Å². The number of nitriles is 1. The van der Waals surface area contributed by atoms with Crippen LogP contribution in [0.5, 0.6) is 23.0 Å². The van der Waals surface area contributed by atoms with Crippen molar-refractivity contribution in [2.24, 2.45) is 5.92 Å². The summed E-state index contributed by atoms with van der Waals surface area (Å²) in [5, 5.41) is 19.0. The molecule has 0 bridgehead atoms. The average molecular weight is 544 g/mol. The maximum Gasteiger partial charge on any atom is 0.294 e. The Labute approximate surface area is 231 Å². The van der Waals surface area contributed by atoms with E-state index in [1.165, 1.54) is 0 Å². The zero-order valence-corrected chi connectivity index (χ0v) is 24.0. The molecule has 0 aliphatic heterocycles. The van der Waals surface area contributed by atoms with Crippen molar-refractivity contribution in [1.82, 2.24) is 4.90 Å². The van der Waals surface area contributed by atoms with Gasteiger partial charge in [-0.2, -0.15) is 5.26 Å². The van der Waals surface area contributed by atoms with Crippen LogP contribution in [0.25, 0.3) is 0 Å². The molecular weight excluding hydrogens is 502 g/mol. The van der Waals surface area contributed by atoms with Gasteiger partial charge >= 0.3 is 0 Å². The molecule has 0 fully saturated rings. The van der Waals surface area contributed by atoms with Gasteiger partial charge in [0.2, 0.25) is 0 Å². The molecule has 0 radical (unpaired) electrons. The minimum Gasteiger partial charge on any atom is -0.493 e. The molecule has 10 heteroatoms. The van der Waals surface area contributed by atoms with E-state index in [4.69, 9.17) is 18.9 Å². The van der Waals surface area contributed by atoms with Crippen molar-refractivity contribution < 1.29 is 28.9 Å². The van der Waals surface area contributed by atoms with E-state index in [1.54, 1.807) is 33.3 Å². The zero-order valence-electron chi connectivity index (χ0n) is 24.0. The SMILES string of the molecule is CCC(C(Oc1cc(CC#N)ccc1OCC(C)O[N+](=O)[O-])C(C)C)N(C)CCc1ccc(OC)c(OC)c1. The Hall–Kier alpha value is -3.71. The molecule has 0 aliphatic rings. The van der Waals surface area contributed by atoms with Gasteiger partial charge in [-0.15, -0.1) is 10.1 Å². The van der Waals surface area contributed by atoms with Crippen molar-refractivity contribution in [2.45, 2.75) is 65.2 Å². The molecule has 0 heterocycles. The first-order valence-corrected chi connectivity index (χ1v) is 13.1. The van der Waals surface area contributed by atoms with Crippen LogP contribution in [0.2, 0.25) is 0 Å². The van der Waals surface area contributed by atoms with Crippen molar-refractivity contribution in [3.63, 3.8) is 0 Å². The maximum atomic E-state index is 10.7. The number of methoxy groups -OCH3 is 2. The molecule has 2 aromatic carbocycles. The van der Waals surface area contributed by atoms with E-state index in [-0.39, 0.29) is 31.1 Å². The number of hydrogen-bond donors (Lipinski definition) is 0. The summed E-state index contributed by atoms with van der Waals surface area (Å²) >= 11 is 0. The van der Waals surface area contributed by atoms with E-state index >= 15 is 0 Å². The number of nitrogens with zero attached hydrogens (tertiary/aromatic N) is 3. The van der Waals surface area contributed by atoms with E-state index < -0.39 is 11.2 Å². The van der Waals surface area contributed by atoms with Crippen LogP contribution in [-0.4, -0.2) is 62.7 Å². The normalized spacial score (nSPS) is 13.3. The summed E-state index contributed by atoms with van der Waals surface area (Å²) in [5.74, 6) is 2.52. The minimum absolute atomic E-state index is 0.0241. The Kier molecular flexibility index (Phi) is 12.6. The van der Waals surface area contributed by atoms with Gasteiger partial charge in [0.1, 0.15) is 18.8 Å². The first kappa shape index (κ1) is 31.5. The van der Waals surface area contributed by atoms with Gasteiger partial charge in [0, 0.05) is 12.6 Å². The Morgan fingerprint density at radius 3 is 2.23 bits per heavy atom. The lowest BCUT2D eigenvalue weighted by molar-refractivity contribution is -0.767. The summed E-state index contributed by atoms with van der Waals surface area (Å²) in [7, 11) is 5.34. The molecule has 0 saturated carbocycles. The van der Waals surface area contributed by atoms with E-state index in [0.29, 0.717) is 23.0 Å². The second kappa shape index (κ2) is 15.6. The third-order valence-electron chi connectivity index (χ3n) is 6.52. The number of hydrogen-bond acceptors (Lipinski definition) is 9. The largest absolute Gasteiger partial charge is 0.493 e. The van der Waals surface area contributed by atoms with Crippen molar-refractivity contribution in [3.05, 3.63) is 57.6 Å². The second-order valence-electron chi connectivity index (χ2n) is 9.79. The lowest BCUT2D eigenvalue weighted by atomic mass is 9.95. The maximum absolute atomic E-state index is 10.7. The molecule has 0 N–H and O–H groups in total. The molecular formula is C29H41N3O7. The predicted octanol–water partition coefficient (Wildman–Crippen LogP) is 5.10. The predicted molar refractivity (Wildman–Crippen MR) is 148 cm³/mol. The molecule has 3 atom stereocenters. The van der Waals surface area contributed by atoms with Gasteiger partial charge in [0.15, 0.2) is 23.0 Å². The fourth-order valence-corrected chi connectivity index (χ4v) is 4.46. The highest BCUT2D eigenvalue weighted by Crippen LogP contribution is 2.33. The molecule has 10 nitrogen and oxygen atoms in total. The molecule has 0 aromatic heterocycles. The fourth-order valence-electron chi connectivity index (χ4n) is 4.46. The van der Waals surface area contributed by atoms with E-state index in [2.05, 4.69) is 43.6 Å². The van der Waals surface area contributed by atoms with Gasteiger partial charge < -0.3 is 23.8 Å². The third-order valence-corrected chi connectivity index (χ3v) is 6.52. The Morgan fingerprint density at radius 1 is 1.00 bits per heavy atom. The number of rotatable bonds is 17. The number of likely N-dealkylation sites (N-methyl/N-ethyl adjacent to an activating group) is 1. The Balaban J connectivity index is 2.23. The van der Waals surface area contributed by atoms with Crippen molar-refractivity contribution in [3.8, 4) is 29.1 Å². The standard InChI is InChI=1S/C29H41N3O7/c1-8-24(31(5)16-14-23-9-11-25(35-6)27(17-23)36-7)29(20(2)3)38-28-18-22(13-15-30)10-12-26(28)37-19-21(4)39-32(33)34/h9-12,17-18,20-21,24,29H,8,13-14,16,19H2,1-7H3. The van der Waals surface area contributed by atoms with Crippen LogP contribution in [0.1, 0.15) is 45.2 Å². The molecule has 39 heavy (non-hydrogen) atoms. The summed E-state index contributed by atoms with van der Waals surface area (Å²) in [6, 6.07) is 13.5. The topological polar surface area (TPSA) is 116 Å². The Morgan fingerprint density at radius 2 is 1.64 bits per heavy atom. The van der Waals surface area contributed by atoms with Gasteiger partial charge in [-0.25, -0.2) is 0 Å². The highest BCUT2D eigenvalue weighted by molar-refractivity contribution is 5.44. The summed E-state index contributed by atoms with van der Waals surface area (Å²) in [6.45, 7) is 8.70. The van der Waals surface area contributed by atoms with Gasteiger partial charge in [0.05, 0.1) is 26.7 Å². The summed E-state index contributed by atoms with van der Waals surface area (Å²) < 4.78 is 23.3. The fraction of sp³-hybridized carbons (Fsp3) is 0.552. The third kappa shape index (κ3) is 9.52. The molecule has 214 valence electrons. The van der Waals surface area contributed by atoms with Crippen molar-refractivity contribution >= 4 is 0 Å². The molecule has 2 rings (SSSR count). The van der Waals surface area contributed by atoms with Crippen molar-refractivity contribution in [1.29, 1.82) is 5.26 Å². The summed E-state index contributed by atoms with van der Waals surface area (Å²) in [6.07, 6.45) is 0.967. The second-order valence-corrected chi connectivity index (χ2v) is 9.79. The van der Waals surface area contributed by atoms with E-state index in [0.717, 1.165) is 30.5 Å². The quantitative estimate of drug-likeness (QED) is 0.198. The summed E-state index contributed by atoms with van der Waals surface area (Å²) in [5.41, 5.74) is 1.94. The van der Waals surface area contributed by atoms with E-state index in [1.807, 2.05) is 24.3 Å². The number of ether oxygens (including phenoxy) is 4. The molecule has 0 spiro atoms. The molecule has 2 aromatic rings. The lowest BCUT2D eigenvalue weighted by Crippen LogP contribution is -2.47. The first-order chi connectivity index (χ1) is 18.6. The zero-order chi connectivity index (χ0) is 28.9. The molecule has 0 saturated heterocycles.